The van der Waals surface area contributed by atoms with Gasteiger partial charge in [-0.1, -0.05) is 43.1 Å². The molecule has 20 heavy (non-hydrogen) atoms. The molecule has 1 fully saturated rings. The van der Waals surface area contributed by atoms with E-state index in [4.69, 9.17) is 23.2 Å². The van der Waals surface area contributed by atoms with Crippen molar-refractivity contribution < 1.29 is 9.90 Å². The Morgan fingerprint density at radius 3 is 2.25 bits per heavy atom. The molecule has 2 nitrogen and oxygen atoms in total. The number of carbonyl (C=O) groups is 1. The van der Waals surface area contributed by atoms with Crippen LogP contribution in [0.15, 0.2) is 18.2 Å². The van der Waals surface area contributed by atoms with Crippen molar-refractivity contribution in [1.82, 2.24) is 0 Å². The summed E-state index contributed by atoms with van der Waals surface area (Å²) < 4.78 is 0. The highest BCUT2D eigenvalue weighted by atomic mass is 35.5. The molecule has 1 N–H and O–H groups in total. The normalized spacial score (nSPS) is 20.6. The van der Waals surface area contributed by atoms with Gasteiger partial charge in [0.1, 0.15) is 0 Å². The van der Waals surface area contributed by atoms with Gasteiger partial charge in [-0.3, -0.25) is 4.79 Å². The minimum Gasteiger partial charge on any atom is -0.481 e. The monoisotopic (exact) mass is 314 g/mol. The summed E-state index contributed by atoms with van der Waals surface area (Å²) in [6, 6.07) is 5.40. The summed E-state index contributed by atoms with van der Waals surface area (Å²) >= 11 is 11.9. The fourth-order valence-electron chi connectivity index (χ4n) is 2.91. The van der Waals surface area contributed by atoms with Crippen LogP contribution < -0.4 is 0 Å². The van der Waals surface area contributed by atoms with Crippen LogP contribution in [0.1, 0.15) is 45.1 Å². The first-order chi connectivity index (χ1) is 9.24. The van der Waals surface area contributed by atoms with Gasteiger partial charge in [-0.15, -0.1) is 0 Å². The van der Waals surface area contributed by atoms with Gasteiger partial charge in [-0.25, -0.2) is 0 Å². The summed E-state index contributed by atoms with van der Waals surface area (Å²) in [7, 11) is 0. The smallest absolute Gasteiger partial charge is 0.309 e. The first-order valence-electron chi connectivity index (χ1n) is 6.92. The van der Waals surface area contributed by atoms with Gasteiger partial charge in [0.25, 0.3) is 0 Å². The summed E-state index contributed by atoms with van der Waals surface area (Å²) in [5, 5.41) is 10.7. The van der Waals surface area contributed by atoms with Crippen molar-refractivity contribution in [3.05, 3.63) is 33.8 Å². The van der Waals surface area contributed by atoms with Crippen LogP contribution in [-0.4, -0.2) is 11.1 Å². The van der Waals surface area contributed by atoms with Gasteiger partial charge in [-0.2, -0.15) is 0 Å². The molecule has 2 rings (SSSR count). The largest absolute Gasteiger partial charge is 0.481 e. The van der Waals surface area contributed by atoms with Gasteiger partial charge in [0, 0.05) is 0 Å². The zero-order chi connectivity index (χ0) is 15.0. The maximum atomic E-state index is 11.8. The summed E-state index contributed by atoms with van der Waals surface area (Å²) in [5.41, 5.74) is 0.532. The molecule has 0 bridgehead atoms. The van der Waals surface area contributed by atoms with Crippen molar-refractivity contribution in [2.45, 2.75) is 46.0 Å². The van der Waals surface area contributed by atoms with E-state index >= 15 is 0 Å². The summed E-state index contributed by atoms with van der Waals surface area (Å²) in [6.07, 6.45) is 3.85. The Morgan fingerprint density at radius 1 is 1.15 bits per heavy atom. The van der Waals surface area contributed by atoms with Crippen molar-refractivity contribution >= 4 is 29.2 Å². The van der Waals surface area contributed by atoms with E-state index in [9.17, 15) is 9.90 Å². The molecule has 1 aromatic rings. The van der Waals surface area contributed by atoms with E-state index < -0.39 is 11.4 Å². The fourth-order valence-corrected chi connectivity index (χ4v) is 3.23. The molecule has 0 aliphatic heterocycles. The molecule has 1 saturated carbocycles. The number of rotatable bonds is 3. The van der Waals surface area contributed by atoms with Crippen LogP contribution in [0, 0.1) is 10.8 Å². The van der Waals surface area contributed by atoms with Crippen molar-refractivity contribution in [2.24, 2.45) is 10.8 Å². The van der Waals surface area contributed by atoms with Crippen LogP contribution in [0.5, 0.6) is 0 Å². The lowest BCUT2D eigenvalue weighted by atomic mass is 9.63. The molecule has 0 radical (unpaired) electrons. The van der Waals surface area contributed by atoms with Gasteiger partial charge in [0.05, 0.1) is 15.5 Å². The van der Waals surface area contributed by atoms with E-state index in [-0.39, 0.29) is 5.41 Å². The third-order valence-corrected chi connectivity index (χ3v) is 5.28. The highest BCUT2D eigenvalue weighted by Gasteiger charge is 2.44. The highest BCUT2D eigenvalue weighted by molar-refractivity contribution is 6.42. The van der Waals surface area contributed by atoms with E-state index in [2.05, 4.69) is 13.8 Å². The molecular formula is C16H20Cl2O2. The second kappa shape index (κ2) is 5.57. The summed E-state index contributed by atoms with van der Waals surface area (Å²) in [6.45, 7) is 4.41. The van der Waals surface area contributed by atoms with Gasteiger partial charge in [-0.05, 0) is 55.2 Å². The SMILES string of the molecule is CC1(C)CCC(Cc2ccc(Cl)c(Cl)c2)(C(=O)O)CC1. The van der Waals surface area contributed by atoms with Crippen molar-refractivity contribution in [3.63, 3.8) is 0 Å². The second-order valence-electron chi connectivity index (χ2n) is 6.67. The highest BCUT2D eigenvalue weighted by Crippen LogP contribution is 2.47. The molecule has 0 atom stereocenters. The van der Waals surface area contributed by atoms with Gasteiger partial charge < -0.3 is 5.11 Å². The third-order valence-electron chi connectivity index (χ3n) is 4.54. The van der Waals surface area contributed by atoms with Gasteiger partial charge >= 0.3 is 5.97 Å². The zero-order valence-electron chi connectivity index (χ0n) is 11.9. The molecule has 1 aromatic carbocycles. The topological polar surface area (TPSA) is 37.3 Å². The Hall–Kier alpha value is -0.730. The number of benzene rings is 1. The van der Waals surface area contributed by atoms with Crippen LogP contribution in [0.25, 0.3) is 0 Å². The lowest BCUT2D eigenvalue weighted by molar-refractivity contribution is -0.152. The molecule has 4 heteroatoms. The molecule has 1 aliphatic rings. The van der Waals surface area contributed by atoms with Crippen molar-refractivity contribution in [3.8, 4) is 0 Å². The molecule has 0 aromatic heterocycles. The third kappa shape index (κ3) is 3.29. The number of carboxylic acids is 1. The lowest BCUT2D eigenvalue weighted by Crippen LogP contribution is -2.39. The van der Waals surface area contributed by atoms with E-state index in [0.717, 1.165) is 31.2 Å². The molecular weight excluding hydrogens is 295 g/mol. The molecule has 0 heterocycles. The summed E-state index contributed by atoms with van der Waals surface area (Å²) in [5.74, 6) is -0.695. The van der Waals surface area contributed by atoms with Crippen LogP contribution in [0.4, 0.5) is 0 Å². The molecule has 1 aliphatic carbocycles. The Kier molecular flexibility index (Phi) is 4.36. The van der Waals surface area contributed by atoms with Crippen molar-refractivity contribution in [2.75, 3.05) is 0 Å². The predicted molar refractivity (Wildman–Crippen MR) is 82.5 cm³/mol. The van der Waals surface area contributed by atoms with Crippen LogP contribution in [-0.2, 0) is 11.2 Å². The van der Waals surface area contributed by atoms with E-state index in [0.29, 0.717) is 16.5 Å². The Labute approximate surface area is 130 Å². The molecule has 110 valence electrons. The molecule has 0 spiro atoms. The maximum Gasteiger partial charge on any atom is 0.309 e. The predicted octanol–water partition coefficient (Wildman–Crippen LogP) is 5.21. The standard InChI is InChI=1S/C16H20Cl2O2/c1-15(2)5-7-16(8-6-15,14(19)20)10-11-3-4-12(17)13(18)9-11/h3-4,9H,5-8,10H2,1-2H3,(H,19,20). The van der Waals surface area contributed by atoms with Crippen LogP contribution >= 0.6 is 23.2 Å². The Bertz CT molecular complexity index is 513. The Morgan fingerprint density at radius 2 is 1.75 bits per heavy atom. The number of halogens is 2. The van der Waals surface area contributed by atoms with Crippen LogP contribution in [0.2, 0.25) is 10.0 Å². The number of hydrogen-bond acceptors (Lipinski definition) is 1. The first kappa shape index (κ1) is 15.7. The van der Waals surface area contributed by atoms with Crippen molar-refractivity contribution in [1.29, 1.82) is 0 Å². The minimum atomic E-state index is -0.695. The van der Waals surface area contributed by atoms with E-state index in [1.54, 1.807) is 12.1 Å². The van der Waals surface area contributed by atoms with E-state index in [1.807, 2.05) is 6.07 Å². The Balaban J connectivity index is 2.22. The maximum absolute atomic E-state index is 11.8. The summed E-state index contributed by atoms with van der Waals surface area (Å²) in [4.78, 5) is 11.8. The molecule has 0 unspecified atom stereocenters. The first-order valence-corrected chi connectivity index (χ1v) is 7.67. The fraction of sp³-hybridized carbons (Fsp3) is 0.562. The number of hydrogen-bond donors (Lipinski definition) is 1. The minimum absolute atomic E-state index is 0.247. The van der Waals surface area contributed by atoms with Gasteiger partial charge in [0.2, 0.25) is 0 Å². The zero-order valence-corrected chi connectivity index (χ0v) is 13.4. The number of aliphatic carboxylic acids is 1. The van der Waals surface area contributed by atoms with Gasteiger partial charge in [0.15, 0.2) is 0 Å². The van der Waals surface area contributed by atoms with Crippen LogP contribution in [0.3, 0.4) is 0 Å². The quantitative estimate of drug-likeness (QED) is 0.831. The lowest BCUT2D eigenvalue weighted by Gasteiger charge is -2.41. The molecule has 0 amide bonds. The number of carboxylic acid groups (broad SMARTS) is 1. The second-order valence-corrected chi connectivity index (χ2v) is 7.49. The average Bonchev–Trinajstić information content (AvgIpc) is 2.36. The van der Waals surface area contributed by atoms with E-state index in [1.165, 1.54) is 0 Å². The average molecular weight is 315 g/mol. The molecule has 0 saturated heterocycles.